The standard InChI is InChI=1S/C14H14BrNO6S/c15-11-4-3-9(23(19,20)16-8-1-2-8)7-10(11)13(17)22-12-5-6-21-14(12)18/h3-4,7-8,12,16H,1-2,5-6H2/t12-/m0/s1. The zero-order valence-electron chi connectivity index (χ0n) is 12.0. The third-order valence-electron chi connectivity index (χ3n) is 3.50. The van der Waals surface area contributed by atoms with Crippen LogP contribution in [0.15, 0.2) is 27.6 Å². The van der Waals surface area contributed by atoms with Crippen LogP contribution in [-0.2, 0) is 24.3 Å². The second kappa shape index (κ2) is 6.21. The number of halogens is 1. The summed E-state index contributed by atoms with van der Waals surface area (Å²) in [7, 11) is -3.68. The molecule has 1 aliphatic carbocycles. The molecule has 7 nitrogen and oxygen atoms in total. The highest BCUT2D eigenvalue weighted by atomic mass is 79.9. The molecule has 0 spiro atoms. The van der Waals surface area contributed by atoms with E-state index in [-0.39, 0.29) is 23.1 Å². The molecule has 3 rings (SSSR count). The van der Waals surface area contributed by atoms with Crippen LogP contribution >= 0.6 is 15.9 Å². The first-order valence-corrected chi connectivity index (χ1v) is 9.34. The van der Waals surface area contributed by atoms with Gasteiger partial charge in [-0.15, -0.1) is 0 Å². The van der Waals surface area contributed by atoms with Gasteiger partial charge in [-0.25, -0.2) is 22.7 Å². The summed E-state index contributed by atoms with van der Waals surface area (Å²) >= 11 is 3.19. The molecule has 1 saturated heterocycles. The third kappa shape index (κ3) is 3.73. The molecule has 1 N–H and O–H groups in total. The highest BCUT2D eigenvalue weighted by molar-refractivity contribution is 9.10. The van der Waals surface area contributed by atoms with Crippen molar-refractivity contribution in [3.8, 4) is 0 Å². The van der Waals surface area contributed by atoms with Crippen LogP contribution in [0.4, 0.5) is 0 Å². The van der Waals surface area contributed by atoms with E-state index >= 15 is 0 Å². The molecule has 1 atom stereocenters. The van der Waals surface area contributed by atoms with Crippen molar-refractivity contribution >= 4 is 37.9 Å². The maximum Gasteiger partial charge on any atom is 0.347 e. The van der Waals surface area contributed by atoms with Crippen LogP contribution in [-0.4, -0.2) is 39.1 Å². The molecule has 0 unspecified atom stereocenters. The Bertz CT molecular complexity index is 759. The molecule has 1 aromatic carbocycles. The SMILES string of the molecule is O=C(O[C@H]1CCOC1=O)c1cc(S(=O)(=O)NC2CC2)ccc1Br. The maximum atomic E-state index is 12.2. The highest BCUT2D eigenvalue weighted by Crippen LogP contribution is 2.26. The number of carbonyl (C=O) groups excluding carboxylic acids is 2. The number of carbonyl (C=O) groups is 2. The molecule has 0 amide bonds. The van der Waals surface area contributed by atoms with Crippen LogP contribution in [0.3, 0.4) is 0 Å². The topological polar surface area (TPSA) is 98.8 Å². The van der Waals surface area contributed by atoms with Crippen molar-refractivity contribution in [2.45, 2.75) is 36.3 Å². The van der Waals surface area contributed by atoms with Crippen LogP contribution in [0.1, 0.15) is 29.6 Å². The number of hydrogen-bond acceptors (Lipinski definition) is 6. The van der Waals surface area contributed by atoms with Crippen molar-refractivity contribution in [1.29, 1.82) is 0 Å². The summed E-state index contributed by atoms with van der Waals surface area (Å²) in [6.45, 7) is 0.206. The fourth-order valence-corrected chi connectivity index (χ4v) is 3.83. The van der Waals surface area contributed by atoms with Gasteiger partial charge in [-0.3, -0.25) is 0 Å². The Morgan fingerprint density at radius 1 is 1.30 bits per heavy atom. The molecule has 1 aliphatic heterocycles. The average Bonchev–Trinajstić information content (AvgIpc) is 3.20. The zero-order chi connectivity index (χ0) is 16.6. The molecule has 2 fully saturated rings. The molecule has 1 heterocycles. The monoisotopic (exact) mass is 403 g/mol. The van der Waals surface area contributed by atoms with Crippen molar-refractivity contribution in [2.24, 2.45) is 0 Å². The summed E-state index contributed by atoms with van der Waals surface area (Å²) in [4.78, 5) is 23.5. The number of benzene rings is 1. The van der Waals surface area contributed by atoms with Gasteiger partial charge in [0.05, 0.1) is 17.1 Å². The molecule has 124 valence electrons. The largest absolute Gasteiger partial charge is 0.463 e. The number of hydrogen-bond donors (Lipinski definition) is 1. The van der Waals surface area contributed by atoms with Gasteiger partial charge in [0.2, 0.25) is 16.1 Å². The summed E-state index contributed by atoms with van der Waals surface area (Å²) in [6.07, 6.45) is 0.978. The summed E-state index contributed by atoms with van der Waals surface area (Å²) < 4.78 is 37.2. The Kier molecular flexibility index (Phi) is 4.43. The van der Waals surface area contributed by atoms with Gasteiger partial charge in [-0.05, 0) is 47.0 Å². The van der Waals surface area contributed by atoms with Crippen molar-refractivity contribution in [1.82, 2.24) is 4.72 Å². The van der Waals surface area contributed by atoms with E-state index < -0.39 is 28.1 Å². The van der Waals surface area contributed by atoms with Crippen molar-refractivity contribution in [3.05, 3.63) is 28.2 Å². The minimum absolute atomic E-state index is 0.0199. The second-order valence-electron chi connectivity index (χ2n) is 5.39. The average molecular weight is 404 g/mol. The molecular weight excluding hydrogens is 390 g/mol. The van der Waals surface area contributed by atoms with E-state index in [2.05, 4.69) is 20.7 Å². The Balaban J connectivity index is 1.82. The molecular formula is C14H14BrNO6S. The Hall–Kier alpha value is -1.45. The number of cyclic esters (lactones) is 1. The predicted octanol–water partition coefficient (Wildman–Crippen LogP) is 1.36. The van der Waals surface area contributed by atoms with E-state index in [9.17, 15) is 18.0 Å². The lowest BCUT2D eigenvalue weighted by molar-refractivity contribution is -0.145. The molecule has 0 aromatic heterocycles. The van der Waals surface area contributed by atoms with E-state index in [4.69, 9.17) is 9.47 Å². The van der Waals surface area contributed by atoms with E-state index in [1.54, 1.807) is 0 Å². The molecule has 1 aromatic rings. The molecule has 2 aliphatic rings. The number of rotatable bonds is 5. The van der Waals surface area contributed by atoms with Crippen LogP contribution in [0.25, 0.3) is 0 Å². The highest BCUT2D eigenvalue weighted by Gasteiger charge is 2.32. The second-order valence-corrected chi connectivity index (χ2v) is 7.96. The molecule has 0 bridgehead atoms. The van der Waals surface area contributed by atoms with Gasteiger partial charge in [0.15, 0.2) is 0 Å². The van der Waals surface area contributed by atoms with Gasteiger partial charge >= 0.3 is 11.9 Å². The van der Waals surface area contributed by atoms with E-state index in [1.165, 1.54) is 18.2 Å². The molecule has 0 radical (unpaired) electrons. The van der Waals surface area contributed by atoms with Gasteiger partial charge in [-0.2, -0.15) is 0 Å². The van der Waals surface area contributed by atoms with Gasteiger partial charge in [0, 0.05) is 16.9 Å². The zero-order valence-corrected chi connectivity index (χ0v) is 14.4. The van der Waals surface area contributed by atoms with Crippen LogP contribution in [0, 0.1) is 0 Å². The summed E-state index contributed by atoms with van der Waals surface area (Å²) in [5.41, 5.74) is 0.0448. The number of ether oxygens (including phenoxy) is 2. The van der Waals surface area contributed by atoms with Gasteiger partial charge in [0.25, 0.3) is 0 Å². The molecule has 1 saturated carbocycles. The lowest BCUT2D eigenvalue weighted by atomic mass is 10.2. The van der Waals surface area contributed by atoms with Gasteiger partial charge in [0.1, 0.15) is 0 Å². The fraction of sp³-hybridized carbons (Fsp3) is 0.429. The predicted molar refractivity (Wildman–Crippen MR) is 82.3 cm³/mol. The maximum absolute atomic E-state index is 12.2. The van der Waals surface area contributed by atoms with Crippen LogP contribution in [0.5, 0.6) is 0 Å². The normalized spacial score (nSPS) is 21.1. The smallest absolute Gasteiger partial charge is 0.347 e. The third-order valence-corrected chi connectivity index (χ3v) is 5.71. The van der Waals surface area contributed by atoms with E-state index in [0.29, 0.717) is 10.9 Å². The number of nitrogens with one attached hydrogen (secondary N) is 1. The van der Waals surface area contributed by atoms with Crippen molar-refractivity contribution < 1.29 is 27.5 Å². The van der Waals surface area contributed by atoms with E-state index in [1.807, 2.05) is 0 Å². The van der Waals surface area contributed by atoms with Crippen molar-refractivity contribution in [3.63, 3.8) is 0 Å². The molecule has 23 heavy (non-hydrogen) atoms. The minimum Gasteiger partial charge on any atom is -0.463 e. The first kappa shape index (κ1) is 16.4. The summed E-state index contributed by atoms with van der Waals surface area (Å²) in [6, 6.07) is 4.06. The number of sulfonamides is 1. The van der Waals surface area contributed by atoms with E-state index in [0.717, 1.165) is 12.8 Å². The fourth-order valence-electron chi connectivity index (χ4n) is 2.09. The lowest BCUT2D eigenvalue weighted by Crippen LogP contribution is -2.26. The van der Waals surface area contributed by atoms with Crippen LogP contribution in [0.2, 0.25) is 0 Å². The molecule has 9 heteroatoms. The van der Waals surface area contributed by atoms with Gasteiger partial charge < -0.3 is 9.47 Å². The first-order valence-electron chi connectivity index (χ1n) is 7.06. The lowest BCUT2D eigenvalue weighted by Gasteiger charge is -2.11. The Morgan fingerprint density at radius 2 is 2.04 bits per heavy atom. The first-order chi connectivity index (χ1) is 10.9. The Morgan fingerprint density at radius 3 is 2.65 bits per heavy atom. The summed E-state index contributed by atoms with van der Waals surface area (Å²) in [5, 5.41) is 0. The van der Waals surface area contributed by atoms with Gasteiger partial charge in [-0.1, -0.05) is 0 Å². The summed E-state index contributed by atoms with van der Waals surface area (Å²) in [5.74, 6) is -1.36. The van der Waals surface area contributed by atoms with Crippen molar-refractivity contribution in [2.75, 3.05) is 6.61 Å². The van der Waals surface area contributed by atoms with Crippen LogP contribution < -0.4 is 4.72 Å². The minimum atomic E-state index is -3.68. The Labute approximate surface area is 141 Å². The quantitative estimate of drug-likeness (QED) is 0.745. The number of esters is 2.